The van der Waals surface area contributed by atoms with Gasteiger partial charge < -0.3 is 19.9 Å². The smallest absolute Gasteiger partial charge is 0.336 e. The molecule has 0 amide bonds. The van der Waals surface area contributed by atoms with Gasteiger partial charge in [0, 0.05) is 17.7 Å². The average molecular weight is 501 g/mol. The molecule has 0 radical (unpaired) electrons. The first-order valence-corrected chi connectivity index (χ1v) is 12.0. The van der Waals surface area contributed by atoms with E-state index in [9.17, 15) is 10.1 Å². The molecule has 6 nitrogen and oxygen atoms in total. The van der Waals surface area contributed by atoms with Crippen LogP contribution in [0, 0.1) is 18.3 Å². The number of hydrogen-bond donors (Lipinski definition) is 1. The summed E-state index contributed by atoms with van der Waals surface area (Å²) in [5.41, 5.74) is 10.0. The quantitative estimate of drug-likeness (QED) is 0.182. The molecule has 4 aromatic rings. The van der Waals surface area contributed by atoms with Crippen LogP contribution in [-0.4, -0.2) is 5.97 Å². The maximum Gasteiger partial charge on any atom is 0.336 e. The molecular weight excluding hydrogens is 476 g/mol. The van der Waals surface area contributed by atoms with Gasteiger partial charge in [0.2, 0.25) is 5.88 Å². The van der Waals surface area contributed by atoms with Gasteiger partial charge in [-0.1, -0.05) is 66.2 Å². The van der Waals surface area contributed by atoms with Crippen LogP contribution in [0.5, 0.6) is 23.0 Å². The molecule has 1 heterocycles. The van der Waals surface area contributed by atoms with E-state index in [-0.39, 0.29) is 5.88 Å². The van der Waals surface area contributed by atoms with Crippen molar-refractivity contribution in [2.45, 2.75) is 12.8 Å². The number of carbonyl (C=O) groups is 1. The number of allylic oxidation sites excluding steroid dienone is 1. The van der Waals surface area contributed by atoms with Gasteiger partial charge in [0.1, 0.15) is 34.6 Å². The first-order chi connectivity index (χ1) is 18.5. The number of para-hydroxylation sites is 1. The van der Waals surface area contributed by atoms with Gasteiger partial charge in [-0.2, -0.15) is 5.26 Å². The zero-order valence-corrected chi connectivity index (χ0v) is 20.6. The molecule has 1 atom stereocenters. The van der Waals surface area contributed by atoms with E-state index in [2.05, 4.69) is 6.07 Å². The highest BCUT2D eigenvalue weighted by atomic mass is 16.5. The van der Waals surface area contributed by atoms with Crippen molar-refractivity contribution >= 4 is 12.0 Å². The number of benzene rings is 4. The van der Waals surface area contributed by atoms with E-state index in [0.29, 0.717) is 28.6 Å². The molecule has 6 heteroatoms. The monoisotopic (exact) mass is 500 g/mol. The molecule has 186 valence electrons. The minimum atomic E-state index is -0.523. The lowest BCUT2D eigenvalue weighted by Crippen LogP contribution is -2.21. The van der Waals surface area contributed by atoms with Gasteiger partial charge in [-0.15, -0.1) is 0 Å². The maximum absolute atomic E-state index is 12.4. The van der Waals surface area contributed by atoms with Gasteiger partial charge in [0.25, 0.3) is 0 Å². The molecule has 0 saturated carbocycles. The fourth-order valence-corrected chi connectivity index (χ4v) is 4.22. The third-order valence-corrected chi connectivity index (χ3v) is 6.07. The van der Waals surface area contributed by atoms with Crippen LogP contribution in [0.15, 0.2) is 115 Å². The van der Waals surface area contributed by atoms with Crippen molar-refractivity contribution in [3.05, 3.63) is 137 Å². The molecule has 4 aromatic carbocycles. The molecule has 1 aliphatic rings. The molecule has 0 aliphatic carbocycles. The van der Waals surface area contributed by atoms with Crippen LogP contribution in [0.1, 0.15) is 28.2 Å². The largest absolute Gasteiger partial charge is 0.457 e. The number of esters is 1. The number of rotatable bonds is 6. The van der Waals surface area contributed by atoms with Crippen LogP contribution in [0.3, 0.4) is 0 Å². The van der Waals surface area contributed by atoms with Crippen LogP contribution in [0.4, 0.5) is 0 Å². The molecule has 0 saturated heterocycles. The Morgan fingerprint density at radius 3 is 2.45 bits per heavy atom. The summed E-state index contributed by atoms with van der Waals surface area (Å²) in [6.07, 6.45) is 3.06. The third-order valence-electron chi connectivity index (χ3n) is 6.07. The highest BCUT2D eigenvalue weighted by molar-refractivity contribution is 5.88. The molecule has 5 rings (SSSR count). The molecule has 0 bridgehead atoms. The predicted molar refractivity (Wildman–Crippen MR) is 145 cm³/mol. The van der Waals surface area contributed by atoms with E-state index in [4.69, 9.17) is 19.9 Å². The Balaban J connectivity index is 1.40. The summed E-state index contributed by atoms with van der Waals surface area (Å²) >= 11 is 0. The Hall–Kier alpha value is -5.28. The predicted octanol–water partition coefficient (Wildman–Crippen LogP) is 6.62. The third kappa shape index (κ3) is 5.43. The Morgan fingerprint density at radius 2 is 1.68 bits per heavy atom. The molecule has 1 aliphatic heterocycles. The maximum atomic E-state index is 12.4. The standard InChI is InChI=1S/C32H24N2O4/c1-21-10-12-22(13-11-21)14-17-30(35)37-26-15-16-27-29(19-26)38-32(34)28(20-33)31(27)23-6-5-9-25(18-23)36-24-7-3-2-4-8-24/h2-19,31H,34H2,1H3/b17-14+. The van der Waals surface area contributed by atoms with Gasteiger partial charge in [0.15, 0.2) is 0 Å². The topological polar surface area (TPSA) is 94.6 Å². The highest BCUT2D eigenvalue weighted by Crippen LogP contribution is 2.44. The Labute approximate surface area is 220 Å². The Kier molecular flexibility index (Phi) is 6.92. The second-order valence-electron chi connectivity index (χ2n) is 8.78. The van der Waals surface area contributed by atoms with Crippen LogP contribution in [0.2, 0.25) is 0 Å². The minimum absolute atomic E-state index is 0.00197. The molecule has 2 N–H and O–H groups in total. The van der Waals surface area contributed by atoms with E-state index >= 15 is 0 Å². The zero-order valence-electron chi connectivity index (χ0n) is 20.6. The number of nitriles is 1. The molecular formula is C32H24N2O4. The van der Waals surface area contributed by atoms with Crippen LogP contribution < -0.4 is 19.9 Å². The van der Waals surface area contributed by atoms with Crippen molar-refractivity contribution < 1.29 is 19.0 Å². The average Bonchev–Trinajstić information content (AvgIpc) is 2.92. The summed E-state index contributed by atoms with van der Waals surface area (Å²) < 4.78 is 17.3. The number of fused-ring (bicyclic) bond motifs is 1. The zero-order chi connectivity index (χ0) is 26.5. The lowest BCUT2D eigenvalue weighted by atomic mass is 9.83. The van der Waals surface area contributed by atoms with Crippen molar-refractivity contribution in [3.63, 3.8) is 0 Å². The molecule has 38 heavy (non-hydrogen) atoms. The Bertz CT molecular complexity index is 1580. The van der Waals surface area contributed by atoms with Crippen molar-refractivity contribution in [1.82, 2.24) is 0 Å². The fraction of sp³-hybridized carbons (Fsp3) is 0.0625. The van der Waals surface area contributed by atoms with Crippen LogP contribution >= 0.6 is 0 Å². The second kappa shape index (κ2) is 10.8. The summed E-state index contributed by atoms with van der Waals surface area (Å²) in [4.78, 5) is 12.4. The fourth-order valence-electron chi connectivity index (χ4n) is 4.22. The number of nitrogens with zero attached hydrogens (tertiary/aromatic N) is 1. The van der Waals surface area contributed by atoms with E-state index in [1.807, 2.05) is 85.8 Å². The summed E-state index contributed by atoms with van der Waals surface area (Å²) in [6, 6.07) is 32.0. The van der Waals surface area contributed by atoms with E-state index < -0.39 is 11.9 Å². The minimum Gasteiger partial charge on any atom is -0.457 e. The van der Waals surface area contributed by atoms with Crippen LogP contribution in [-0.2, 0) is 4.79 Å². The molecule has 1 unspecified atom stereocenters. The second-order valence-corrected chi connectivity index (χ2v) is 8.78. The van der Waals surface area contributed by atoms with Crippen molar-refractivity contribution in [2.75, 3.05) is 0 Å². The summed E-state index contributed by atoms with van der Waals surface area (Å²) in [6.45, 7) is 2.00. The first-order valence-electron chi connectivity index (χ1n) is 12.0. The van der Waals surface area contributed by atoms with E-state index in [1.54, 1.807) is 24.3 Å². The molecule has 0 spiro atoms. The van der Waals surface area contributed by atoms with Gasteiger partial charge in [-0.3, -0.25) is 0 Å². The van der Waals surface area contributed by atoms with E-state index in [0.717, 1.165) is 22.3 Å². The van der Waals surface area contributed by atoms with Gasteiger partial charge in [-0.25, -0.2) is 4.79 Å². The van der Waals surface area contributed by atoms with E-state index in [1.165, 1.54) is 6.08 Å². The first kappa shape index (κ1) is 24.4. The lowest BCUT2D eigenvalue weighted by Gasteiger charge is -2.27. The highest BCUT2D eigenvalue weighted by Gasteiger charge is 2.31. The Morgan fingerprint density at radius 1 is 0.921 bits per heavy atom. The lowest BCUT2D eigenvalue weighted by molar-refractivity contribution is -0.128. The van der Waals surface area contributed by atoms with Gasteiger partial charge in [-0.05, 0) is 54.5 Å². The molecule has 0 aromatic heterocycles. The summed E-state index contributed by atoms with van der Waals surface area (Å²) in [7, 11) is 0. The van der Waals surface area contributed by atoms with Gasteiger partial charge >= 0.3 is 5.97 Å². The summed E-state index contributed by atoms with van der Waals surface area (Å²) in [5, 5.41) is 9.89. The van der Waals surface area contributed by atoms with Crippen molar-refractivity contribution in [1.29, 1.82) is 5.26 Å². The number of aryl methyl sites for hydroxylation is 1. The van der Waals surface area contributed by atoms with Crippen molar-refractivity contribution in [2.24, 2.45) is 5.73 Å². The SMILES string of the molecule is Cc1ccc(/C=C/C(=O)Oc2ccc3c(c2)OC(N)=C(C#N)C3c2cccc(Oc3ccccc3)c2)cc1. The summed E-state index contributed by atoms with van der Waals surface area (Å²) in [5.74, 6) is 1.05. The van der Waals surface area contributed by atoms with Crippen molar-refractivity contribution in [3.8, 4) is 29.1 Å². The normalized spacial score (nSPS) is 14.4. The number of carbonyl (C=O) groups excluding carboxylic acids is 1. The van der Waals surface area contributed by atoms with Crippen LogP contribution in [0.25, 0.3) is 6.08 Å². The number of nitrogens with two attached hydrogens (primary N) is 1. The van der Waals surface area contributed by atoms with Gasteiger partial charge in [0.05, 0.1) is 5.92 Å². The molecule has 0 fully saturated rings. The number of hydrogen-bond acceptors (Lipinski definition) is 6. The number of ether oxygens (including phenoxy) is 3.